The summed E-state index contributed by atoms with van der Waals surface area (Å²) in [4.78, 5) is 13.1. The van der Waals surface area contributed by atoms with E-state index in [1.54, 1.807) is 0 Å². The summed E-state index contributed by atoms with van der Waals surface area (Å²) in [5.41, 5.74) is -0.283. The van der Waals surface area contributed by atoms with Crippen LogP contribution in [-0.2, 0) is 14.3 Å². The number of epoxide rings is 1. The van der Waals surface area contributed by atoms with Gasteiger partial charge >= 0.3 is 5.97 Å². The van der Waals surface area contributed by atoms with Crippen LogP contribution in [0.3, 0.4) is 0 Å². The fourth-order valence-corrected chi connectivity index (χ4v) is 6.03. The molecule has 0 amide bonds. The van der Waals surface area contributed by atoms with Crippen molar-refractivity contribution in [1.82, 2.24) is 0 Å². The Hall–Kier alpha value is 0.120. The second-order valence-corrected chi connectivity index (χ2v) is 11.0. The summed E-state index contributed by atoms with van der Waals surface area (Å²) in [5.74, 6) is 1.48. The summed E-state index contributed by atoms with van der Waals surface area (Å²) < 4.78 is 13.4. The van der Waals surface area contributed by atoms with Crippen LogP contribution in [0.15, 0.2) is 0 Å². The number of halogens is 1. The molecule has 2 saturated heterocycles. The first-order chi connectivity index (χ1) is 11.4. The molecule has 0 bridgehead atoms. The van der Waals surface area contributed by atoms with E-state index in [1.165, 1.54) is 6.42 Å². The zero-order valence-electron chi connectivity index (χ0n) is 17.5. The van der Waals surface area contributed by atoms with Crippen molar-refractivity contribution in [2.75, 3.05) is 20.6 Å². The first-order valence-corrected chi connectivity index (χ1v) is 10.2. The van der Waals surface area contributed by atoms with Crippen LogP contribution in [0, 0.1) is 23.7 Å². The van der Waals surface area contributed by atoms with Crippen molar-refractivity contribution in [3.05, 3.63) is 0 Å². The Kier molecular flexibility index (Phi) is 4.86. The van der Waals surface area contributed by atoms with Gasteiger partial charge in [-0.15, -0.1) is 0 Å². The Morgan fingerprint density at radius 3 is 2.42 bits per heavy atom. The fourth-order valence-electron chi connectivity index (χ4n) is 6.03. The molecule has 2 heterocycles. The van der Waals surface area contributed by atoms with Crippen LogP contribution in [0.2, 0.25) is 0 Å². The summed E-state index contributed by atoms with van der Waals surface area (Å²) in [6.45, 7) is 12.2. The van der Waals surface area contributed by atoms with E-state index >= 15 is 0 Å². The molecule has 2 saturated carbocycles. The zero-order chi connectivity index (χ0) is 18.4. The van der Waals surface area contributed by atoms with E-state index in [2.05, 4.69) is 48.7 Å². The third-order valence-corrected chi connectivity index (χ3v) is 8.56. The molecule has 2 aliphatic heterocycles. The van der Waals surface area contributed by atoms with Gasteiger partial charge in [0.1, 0.15) is 17.6 Å². The monoisotopic (exact) mass is 477 g/mol. The number of hydrogen-bond donors (Lipinski definition) is 0. The Labute approximate surface area is 176 Å². The van der Waals surface area contributed by atoms with Gasteiger partial charge in [-0.2, -0.15) is 0 Å². The van der Waals surface area contributed by atoms with Crippen LogP contribution in [0.1, 0.15) is 60.3 Å². The van der Waals surface area contributed by atoms with Crippen LogP contribution in [0.4, 0.5) is 0 Å². The van der Waals surface area contributed by atoms with Gasteiger partial charge in [0.15, 0.2) is 0 Å². The van der Waals surface area contributed by atoms with E-state index in [9.17, 15) is 4.79 Å². The van der Waals surface area contributed by atoms with Crippen molar-refractivity contribution in [2.24, 2.45) is 23.7 Å². The third-order valence-electron chi connectivity index (χ3n) is 8.56. The van der Waals surface area contributed by atoms with Crippen molar-refractivity contribution in [3.63, 3.8) is 0 Å². The smallest absolute Gasteiger partial charge is 0.315 e. The van der Waals surface area contributed by atoms with Crippen LogP contribution in [0.5, 0.6) is 0 Å². The van der Waals surface area contributed by atoms with Gasteiger partial charge in [0.25, 0.3) is 0 Å². The average Bonchev–Trinajstić information content (AvgIpc) is 3.10. The second kappa shape index (κ2) is 6.06. The highest BCUT2D eigenvalue weighted by Gasteiger charge is 2.77. The predicted octanol–water partition coefficient (Wildman–Crippen LogP) is 0.391. The number of carbonyl (C=O) groups excluding carboxylic acids is 1. The molecule has 1 spiro atoms. The van der Waals surface area contributed by atoms with Crippen molar-refractivity contribution in [3.8, 4) is 0 Å². The van der Waals surface area contributed by atoms with E-state index in [0.29, 0.717) is 17.8 Å². The first-order valence-electron chi connectivity index (χ1n) is 10.2. The normalized spacial score (nSPS) is 47.2. The third kappa shape index (κ3) is 2.70. The summed E-state index contributed by atoms with van der Waals surface area (Å²) >= 11 is 0. The standard InChI is InChI=1S/C21H36NO3.HI/c1-13-8-9-16-14(12-22(6,7)19(2,3)4)17(23)24-21(16)15(13)10-11-20(5)18(21)25-20;/h13-16,18H,8-12H2,1-7H3;1H/q+1;/p-1/t13-,14?,15?,16?,18+,20+,21+;/m0./s1. The SMILES string of the molecule is C[C@H]1CCC2C(C[N+](C)(C)C(C)(C)C)C(=O)O[C@]23C1CC[C@@]1(C)O[C@@H]31.[I-]. The van der Waals surface area contributed by atoms with Gasteiger partial charge in [-0.3, -0.25) is 4.79 Å². The molecule has 0 N–H and O–H groups in total. The van der Waals surface area contributed by atoms with E-state index in [1.807, 2.05) is 0 Å². The number of quaternary nitrogens is 1. The lowest BCUT2D eigenvalue weighted by molar-refractivity contribution is -0.938. The Morgan fingerprint density at radius 1 is 1.15 bits per heavy atom. The molecule has 0 radical (unpaired) electrons. The minimum absolute atomic E-state index is 0. The van der Waals surface area contributed by atoms with Crippen LogP contribution in [0.25, 0.3) is 0 Å². The molecule has 0 aromatic heterocycles. The van der Waals surface area contributed by atoms with Gasteiger partial charge in [-0.1, -0.05) is 6.92 Å². The molecule has 3 unspecified atom stereocenters. The Balaban J connectivity index is 0.00000196. The van der Waals surface area contributed by atoms with Gasteiger partial charge in [0.05, 0.1) is 31.8 Å². The molecule has 4 rings (SSSR count). The summed E-state index contributed by atoms with van der Waals surface area (Å²) in [5, 5.41) is 0. The number of carbonyl (C=O) groups is 1. The van der Waals surface area contributed by atoms with E-state index in [0.717, 1.165) is 30.3 Å². The second-order valence-electron chi connectivity index (χ2n) is 11.0. The molecule has 4 nitrogen and oxygen atoms in total. The topological polar surface area (TPSA) is 38.8 Å². The molecule has 26 heavy (non-hydrogen) atoms. The number of nitrogens with zero attached hydrogens (tertiary/aromatic N) is 1. The van der Waals surface area contributed by atoms with Gasteiger partial charge in [0, 0.05) is 11.8 Å². The maximum atomic E-state index is 13.1. The first kappa shape index (κ1) is 20.8. The van der Waals surface area contributed by atoms with Gasteiger partial charge in [-0.25, -0.2) is 0 Å². The quantitative estimate of drug-likeness (QED) is 0.250. The highest BCUT2D eigenvalue weighted by molar-refractivity contribution is 5.77. The number of esters is 1. The molecule has 0 aromatic carbocycles. The van der Waals surface area contributed by atoms with Gasteiger partial charge in [-0.05, 0) is 59.3 Å². The molecule has 5 heteroatoms. The Bertz CT molecular complexity index is 601. The molecule has 4 fully saturated rings. The molecule has 0 aromatic rings. The zero-order valence-corrected chi connectivity index (χ0v) is 19.6. The number of rotatable bonds is 2. The summed E-state index contributed by atoms with van der Waals surface area (Å²) in [6, 6.07) is 0. The van der Waals surface area contributed by atoms with Crippen LogP contribution in [-0.4, -0.2) is 53.9 Å². The van der Waals surface area contributed by atoms with Crippen LogP contribution >= 0.6 is 0 Å². The van der Waals surface area contributed by atoms with E-state index in [4.69, 9.17) is 9.47 Å². The number of fused-ring (bicyclic) bond motifs is 1. The highest BCUT2D eigenvalue weighted by Crippen LogP contribution is 2.66. The molecular weight excluding hydrogens is 441 g/mol. The maximum absolute atomic E-state index is 13.1. The molecule has 150 valence electrons. The molecule has 7 atom stereocenters. The number of hydrogen-bond acceptors (Lipinski definition) is 3. The van der Waals surface area contributed by atoms with E-state index < -0.39 is 0 Å². The van der Waals surface area contributed by atoms with Crippen molar-refractivity contribution in [2.45, 2.75) is 83.1 Å². The lowest BCUT2D eigenvalue weighted by Gasteiger charge is -2.50. The van der Waals surface area contributed by atoms with Crippen LogP contribution < -0.4 is 24.0 Å². The minimum Gasteiger partial charge on any atom is -1.00 e. The van der Waals surface area contributed by atoms with Gasteiger partial charge in [0.2, 0.25) is 0 Å². The number of ether oxygens (including phenoxy) is 2. The predicted molar refractivity (Wildman–Crippen MR) is 96.9 cm³/mol. The summed E-state index contributed by atoms with van der Waals surface area (Å²) in [6.07, 6.45) is 4.71. The average molecular weight is 477 g/mol. The molecular formula is C21H36INO3. The lowest BCUT2D eigenvalue weighted by Crippen LogP contribution is -3.00. The lowest BCUT2D eigenvalue weighted by atomic mass is 9.55. The van der Waals surface area contributed by atoms with Gasteiger partial charge < -0.3 is 37.9 Å². The van der Waals surface area contributed by atoms with Crippen molar-refractivity contribution >= 4 is 5.97 Å². The Morgan fingerprint density at radius 2 is 1.81 bits per heavy atom. The minimum atomic E-state index is -0.343. The van der Waals surface area contributed by atoms with E-state index in [-0.39, 0.29) is 58.7 Å². The summed E-state index contributed by atoms with van der Waals surface area (Å²) in [7, 11) is 4.50. The highest BCUT2D eigenvalue weighted by atomic mass is 127. The maximum Gasteiger partial charge on any atom is 0.315 e. The fraction of sp³-hybridized carbons (Fsp3) is 0.952. The molecule has 2 aliphatic carbocycles. The van der Waals surface area contributed by atoms with Crippen molar-refractivity contribution in [1.29, 1.82) is 0 Å². The largest absolute Gasteiger partial charge is 1.00 e. The molecule has 4 aliphatic rings. The van der Waals surface area contributed by atoms with Crippen molar-refractivity contribution < 1.29 is 42.7 Å².